The third kappa shape index (κ3) is 7.70. The van der Waals surface area contributed by atoms with Gasteiger partial charge < -0.3 is 20.5 Å². The van der Waals surface area contributed by atoms with Gasteiger partial charge in [-0.1, -0.05) is 25.5 Å². The van der Waals surface area contributed by atoms with Gasteiger partial charge in [0, 0.05) is 32.7 Å². The van der Waals surface area contributed by atoms with E-state index < -0.39 is 0 Å². The Morgan fingerprint density at radius 2 is 2.12 bits per heavy atom. The molecule has 0 saturated heterocycles. The summed E-state index contributed by atoms with van der Waals surface area (Å²) in [6.45, 7) is 7.77. The number of aliphatic hydroxyl groups is 1. The third-order valence-corrected chi connectivity index (χ3v) is 4.55. The summed E-state index contributed by atoms with van der Waals surface area (Å²) in [5, 5.41) is 15.9. The number of hydrogen-bond acceptors (Lipinski definition) is 3. The summed E-state index contributed by atoms with van der Waals surface area (Å²) in [7, 11) is 0. The van der Waals surface area contributed by atoms with E-state index in [-0.39, 0.29) is 30.6 Å². The molecule has 1 aliphatic rings. The molecule has 0 saturated carbocycles. The molecule has 0 spiro atoms. The topological polar surface area (TPSA) is 65.9 Å². The maximum atomic E-state index is 9.18. The van der Waals surface area contributed by atoms with Gasteiger partial charge in [0.1, 0.15) is 5.75 Å². The molecule has 1 aromatic carbocycles. The minimum absolute atomic E-state index is 0. The molecular weight excluding hydrogens is 441 g/mol. The second kappa shape index (κ2) is 13.2. The minimum atomic E-state index is 0. The first-order valence-corrected chi connectivity index (χ1v) is 9.64. The Labute approximate surface area is 175 Å². The monoisotopic (exact) mass is 475 g/mol. The molecule has 0 bridgehead atoms. The lowest BCUT2D eigenvalue weighted by atomic mass is 10.0. The second-order valence-corrected chi connectivity index (χ2v) is 6.60. The number of halogens is 1. The molecule has 2 rings (SSSR count). The van der Waals surface area contributed by atoms with Crippen molar-refractivity contribution in [1.82, 2.24) is 10.6 Å². The zero-order valence-electron chi connectivity index (χ0n) is 16.1. The fourth-order valence-corrected chi connectivity index (χ4v) is 3.20. The van der Waals surface area contributed by atoms with E-state index >= 15 is 0 Å². The molecule has 26 heavy (non-hydrogen) atoms. The number of guanidine groups is 1. The number of hydrogen-bond donors (Lipinski definition) is 3. The molecule has 1 atom stereocenters. The Balaban J connectivity index is 0.00000338. The van der Waals surface area contributed by atoms with Crippen molar-refractivity contribution in [2.45, 2.75) is 46.0 Å². The zero-order valence-corrected chi connectivity index (χ0v) is 18.4. The lowest BCUT2D eigenvalue weighted by molar-refractivity contribution is 0.253. The standard InChI is InChI=1S/C20H33N3O2.HI/c1-3-5-17(9-12-24)15-23-20(21-4-2)22-11-8-16-6-7-19-18(14-16)10-13-25-19;/h6-7,14,17,24H,3-5,8-13,15H2,1-2H3,(H2,21,22,23);1H. The molecule has 5 nitrogen and oxygen atoms in total. The van der Waals surface area contributed by atoms with Gasteiger partial charge in [-0.05, 0) is 49.3 Å². The van der Waals surface area contributed by atoms with Crippen molar-refractivity contribution in [2.75, 3.05) is 32.8 Å². The molecule has 0 fully saturated rings. The van der Waals surface area contributed by atoms with Crippen molar-refractivity contribution in [1.29, 1.82) is 0 Å². The van der Waals surface area contributed by atoms with Crippen molar-refractivity contribution in [2.24, 2.45) is 10.9 Å². The number of rotatable bonds is 10. The Morgan fingerprint density at radius 3 is 2.85 bits per heavy atom. The van der Waals surface area contributed by atoms with Gasteiger partial charge in [0.25, 0.3) is 0 Å². The highest BCUT2D eigenvalue weighted by molar-refractivity contribution is 14.0. The van der Waals surface area contributed by atoms with Crippen LogP contribution < -0.4 is 15.4 Å². The second-order valence-electron chi connectivity index (χ2n) is 6.60. The predicted octanol–water partition coefficient (Wildman–Crippen LogP) is 3.14. The summed E-state index contributed by atoms with van der Waals surface area (Å²) >= 11 is 0. The van der Waals surface area contributed by atoms with E-state index in [1.165, 1.54) is 11.1 Å². The molecule has 1 heterocycles. The van der Waals surface area contributed by atoms with Gasteiger partial charge in [-0.15, -0.1) is 24.0 Å². The van der Waals surface area contributed by atoms with Gasteiger partial charge in [-0.2, -0.15) is 0 Å². The minimum Gasteiger partial charge on any atom is -0.493 e. The first-order chi connectivity index (χ1) is 12.3. The highest BCUT2D eigenvalue weighted by Gasteiger charge is 2.12. The summed E-state index contributed by atoms with van der Waals surface area (Å²) in [5.74, 6) is 2.37. The van der Waals surface area contributed by atoms with Crippen LogP contribution in [0.1, 0.15) is 44.2 Å². The van der Waals surface area contributed by atoms with Crippen molar-refractivity contribution in [3.63, 3.8) is 0 Å². The van der Waals surface area contributed by atoms with Gasteiger partial charge in [0.15, 0.2) is 5.96 Å². The van der Waals surface area contributed by atoms with Gasteiger partial charge in [-0.3, -0.25) is 4.99 Å². The van der Waals surface area contributed by atoms with E-state index in [9.17, 15) is 5.11 Å². The quantitative estimate of drug-likeness (QED) is 0.277. The Kier molecular flexibility index (Phi) is 11.7. The summed E-state index contributed by atoms with van der Waals surface area (Å²) in [4.78, 5) is 4.70. The van der Waals surface area contributed by atoms with Crippen LogP contribution in [0.25, 0.3) is 0 Å². The molecule has 0 aliphatic carbocycles. The van der Waals surface area contributed by atoms with E-state index in [2.05, 4.69) is 42.7 Å². The molecule has 3 N–H and O–H groups in total. The zero-order chi connectivity index (χ0) is 17.9. The summed E-state index contributed by atoms with van der Waals surface area (Å²) in [6, 6.07) is 6.49. The maximum absolute atomic E-state index is 9.18. The van der Waals surface area contributed by atoms with Crippen molar-refractivity contribution in [3.05, 3.63) is 29.3 Å². The molecule has 0 radical (unpaired) electrons. The number of benzene rings is 1. The molecule has 0 amide bonds. The normalized spacial score (nSPS) is 14.2. The molecule has 6 heteroatoms. The fourth-order valence-electron chi connectivity index (χ4n) is 3.20. The number of nitrogens with one attached hydrogen (secondary N) is 2. The number of fused-ring (bicyclic) bond motifs is 1. The van der Waals surface area contributed by atoms with E-state index in [4.69, 9.17) is 9.73 Å². The van der Waals surface area contributed by atoms with Crippen molar-refractivity contribution >= 4 is 29.9 Å². The third-order valence-electron chi connectivity index (χ3n) is 4.55. The van der Waals surface area contributed by atoms with E-state index in [0.29, 0.717) is 5.92 Å². The average Bonchev–Trinajstić information content (AvgIpc) is 3.07. The van der Waals surface area contributed by atoms with Gasteiger partial charge in [0.2, 0.25) is 0 Å². The van der Waals surface area contributed by atoms with Crippen LogP contribution in [0.4, 0.5) is 0 Å². The van der Waals surface area contributed by atoms with Crippen molar-refractivity contribution in [3.8, 4) is 5.75 Å². The van der Waals surface area contributed by atoms with E-state index in [1.807, 2.05) is 0 Å². The number of aliphatic imine (C=N–C) groups is 1. The highest BCUT2D eigenvalue weighted by Crippen LogP contribution is 2.25. The molecular formula is C20H34IN3O2. The van der Waals surface area contributed by atoms with Crippen LogP contribution in [-0.2, 0) is 12.8 Å². The van der Waals surface area contributed by atoms with E-state index in [0.717, 1.165) is 70.1 Å². The maximum Gasteiger partial charge on any atom is 0.191 e. The smallest absolute Gasteiger partial charge is 0.191 e. The van der Waals surface area contributed by atoms with Crippen LogP contribution in [0.15, 0.2) is 23.2 Å². The van der Waals surface area contributed by atoms with Crippen LogP contribution in [0.3, 0.4) is 0 Å². The fraction of sp³-hybridized carbons (Fsp3) is 0.650. The van der Waals surface area contributed by atoms with Gasteiger partial charge >= 0.3 is 0 Å². The average molecular weight is 475 g/mol. The Bertz CT molecular complexity index is 546. The van der Waals surface area contributed by atoms with E-state index in [1.54, 1.807) is 0 Å². The Hall–Kier alpha value is -1.02. The van der Waals surface area contributed by atoms with Crippen LogP contribution in [0.2, 0.25) is 0 Å². The van der Waals surface area contributed by atoms with Gasteiger partial charge in [-0.25, -0.2) is 0 Å². The summed E-state index contributed by atoms with van der Waals surface area (Å²) in [6.07, 6.45) is 5.05. The van der Waals surface area contributed by atoms with Crippen molar-refractivity contribution < 1.29 is 9.84 Å². The Morgan fingerprint density at radius 1 is 1.27 bits per heavy atom. The molecule has 1 aliphatic heterocycles. The van der Waals surface area contributed by atoms with Crippen LogP contribution in [0.5, 0.6) is 5.75 Å². The van der Waals surface area contributed by atoms with Gasteiger partial charge in [0.05, 0.1) is 6.61 Å². The first kappa shape index (κ1) is 23.0. The summed E-state index contributed by atoms with van der Waals surface area (Å²) < 4.78 is 5.56. The number of ether oxygens (including phenoxy) is 1. The molecule has 1 unspecified atom stereocenters. The van der Waals surface area contributed by atoms with Crippen LogP contribution >= 0.6 is 24.0 Å². The number of aliphatic hydroxyl groups excluding tert-OH is 1. The van der Waals surface area contributed by atoms with Crippen LogP contribution in [-0.4, -0.2) is 43.9 Å². The SMILES string of the molecule is CCCC(CCO)CN=C(NCC)NCCc1ccc2c(c1)CCO2.I. The predicted molar refractivity (Wildman–Crippen MR) is 119 cm³/mol. The molecule has 148 valence electrons. The summed E-state index contributed by atoms with van der Waals surface area (Å²) in [5.41, 5.74) is 2.65. The highest BCUT2D eigenvalue weighted by atomic mass is 127. The molecule has 0 aromatic heterocycles. The largest absolute Gasteiger partial charge is 0.493 e. The first-order valence-electron chi connectivity index (χ1n) is 9.64. The number of nitrogens with zero attached hydrogens (tertiary/aromatic N) is 1. The molecule has 1 aromatic rings. The van der Waals surface area contributed by atoms with Crippen LogP contribution in [0, 0.1) is 5.92 Å². The lowest BCUT2D eigenvalue weighted by Crippen LogP contribution is -2.38. The lowest BCUT2D eigenvalue weighted by Gasteiger charge is -2.15.